The lowest BCUT2D eigenvalue weighted by Crippen LogP contribution is -2.54. The Hall–Kier alpha value is -1.81. The standard InChI is InChI=1S/C22H29F6N3O/c1-20(6-5-9-31(20)11-10-30-7-3-2-4-8-30)19(32)29-15-16-12-17(21(23,24)25)14-18(13-16)22(26,27)28/h12-14H,2-11,15H2,1H3,(H,29,32)/t20-/m0/s1. The number of piperidine rings is 1. The Morgan fingerprint density at radius 2 is 1.50 bits per heavy atom. The molecule has 1 N–H and O–H groups in total. The van der Waals surface area contributed by atoms with E-state index in [2.05, 4.69) is 15.1 Å². The quantitative estimate of drug-likeness (QED) is 0.620. The second-order valence-corrected chi connectivity index (χ2v) is 8.86. The fraction of sp³-hybridized carbons (Fsp3) is 0.682. The third kappa shape index (κ3) is 5.95. The van der Waals surface area contributed by atoms with Gasteiger partial charge in [-0.15, -0.1) is 0 Å². The first-order valence-electron chi connectivity index (χ1n) is 10.9. The normalized spacial score (nSPS) is 23.5. The van der Waals surface area contributed by atoms with Gasteiger partial charge in [-0.3, -0.25) is 9.69 Å². The van der Waals surface area contributed by atoms with Crippen molar-refractivity contribution in [3.8, 4) is 0 Å². The van der Waals surface area contributed by atoms with Crippen molar-refractivity contribution in [2.75, 3.05) is 32.7 Å². The van der Waals surface area contributed by atoms with Crippen molar-refractivity contribution >= 4 is 5.91 Å². The maximum absolute atomic E-state index is 13.1. The molecule has 2 aliphatic heterocycles. The molecule has 0 bridgehead atoms. The lowest BCUT2D eigenvalue weighted by Gasteiger charge is -2.36. The smallest absolute Gasteiger partial charge is 0.350 e. The summed E-state index contributed by atoms with van der Waals surface area (Å²) >= 11 is 0. The number of rotatable bonds is 6. The molecule has 10 heteroatoms. The number of hydrogen-bond acceptors (Lipinski definition) is 3. The number of alkyl halides is 6. The third-order valence-corrected chi connectivity index (χ3v) is 6.51. The van der Waals surface area contributed by atoms with E-state index in [0.717, 1.165) is 45.4 Å². The highest BCUT2D eigenvalue weighted by molar-refractivity contribution is 5.86. The largest absolute Gasteiger partial charge is 0.416 e. The lowest BCUT2D eigenvalue weighted by atomic mass is 9.97. The molecule has 0 radical (unpaired) electrons. The van der Waals surface area contributed by atoms with Crippen molar-refractivity contribution in [1.82, 2.24) is 15.1 Å². The highest BCUT2D eigenvalue weighted by Gasteiger charge is 2.43. The van der Waals surface area contributed by atoms with Gasteiger partial charge in [0, 0.05) is 19.6 Å². The van der Waals surface area contributed by atoms with Gasteiger partial charge in [0.2, 0.25) is 5.91 Å². The maximum atomic E-state index is 13.1. The van der Waals surface area contributed by atoms with Crippen LogP contribution in [0.3, 0.4) is 0 Å². The molecule has 4 nitrogen and oxygen atoms in total. The van der Waals surface area contributed by atoms with Crippen LogP contribution >= 0.6 is 0 Å². The predicted molar refractivity (Wildman–Crippen MR) is 108 cm³/mol. The summed E-state index contributed by atoms with van der Waals surface area (Å²) in [7, 11) is 0. The summed E-state index contributed by atoms with van der Waals surface area (Å²) in [6.45, 7) is 5.73. The van der Waals surface area contributed by atoms with E-state index in [9.17, 15) is 31.1 Å². The van der Waals surface area contributed by atoms with Crippen molar-refractivity contribution in [2.24, 2.45) is 0 Å². The van der Waals surface area contributed by atoms with E-state index in [1.54, 1.807) is 6.92 Å². The molecule has 0 aliphatic carbocycles. The number of hydrogen-bond donors (Lipinski definition) is 1. The number of nitrogens with one attached hydrogen (secondary N) is 1. The van der Waals surface area contributed by atoms with Crippen LogP contribution in [-0.2, 0) is 23.7 Å². The predicted octanol–water partition coefficient (Wildman–Crippen LogP) is 4.68. The number of carbonyl (C=O) groups is 1. The molecule has 2 saturated heterocycles. The minimum atomic E-state index is -4.91. The Morgan fingerprint density at radius 3 is 2.06 bits per heavy atom. The van der Waals surface area contributed by atoms with Crippen LogP contribution in [0.15, 0.2) is 18.2 Å². The first kappa shape index (κ1) is 24.8. The van der Waals surface area contributed by atoms with Gasteiger partial charge < -0.3 is 10.2 Å². The van der Waals surface area contributed by atoms with E-state index in [1.807, 2.05) is 0 Å². The molecule has 32 heavy (non-hydrogen) atoms. The zero-order chi connectivity index (χ0) is 23.6. The Balaban J connectivity index is 1.67. The summed E-state index contributed by atoms with van der Waals surface area (Å²) in [4.78, 5) is 17.4. The van der Waals surface area contributed by atoms with Crippen LogP contribution in [0.2, 0.25) is 0 Å². The van der Waals surface area contributed by atoms with Gasteiger partial charge in [-0.2, -0.15) is 26.3 Å². The SMILES string of the molecule is C[C@@]1(C(=O)NCc2cc(C(F)(F)F)cc(C(F)(F)F)c2)CCCN1CCN1CCCCC1. The summed E-state index contributed by atoms with van der Waals surface area (Å²) in [6, 6.07) is 1.40. The molecule has 0 aromatic heterocycles. The Bertz CT molecular complexity index is 772. The minimum Gasteiger partial charge on any atom is -0.350 e. The zero-order valence-corrected chi connectivity index (χ0v) is 18.1. The topological polar surface area (TPSA) is 35.6 Å². The molecule has 1 atom stereocenters. The number of benzene rings is 1. The molecular weight excluding hydrogens is 436 g/mol. The van der Waals surface area contributed by atoms with Crippen molar-refractivity contribution in [1.29, 1.82) is 0 Å². The van der Waals surface area contributed by atoms with Crippen molar-refractivity contribution in [3.05, 3.63) is 34.9 Å². The van der Waals surface area contributed by atoms with Gasteiger partial charge in [-0.25, -0.2) is 0 Å². The number of amides is 1. The maximum Gasteiger partial charge on any atom is 0.416 e. The number of likely N-dealkylation sites (tertiary alicyclic amines) is 2. The fourth-order valence-electron chi connectivity index (χ4n) is 4.57. The highest BCUT2D eigenvalue weighted by atomic mass is 19.4. The summed E-state index contributed by atoms with van der Waals surface area (Å²) in [6.07, 6.45) is -4.87. The Morgan fingerprint density at radius 1 is 0.906 bits per heavy atom. The Kier molecular flexibility index (Phi) is 7.44. The van der Waals surface area contributed by atoms with E-state index in [4.69, 9.17) is 0 Å². The van der Waals surface area contributed by atoms with Crippen LogP contribution in [0.1, 0.15) is 55.7 Å². The van der Waals surface area contributed by atoms with Gasteiger partial charge in [0.05, 0.1) is 16.7 Å². The molecule has 1 amide bonds. The van der Waals surface area contributed by atoms with Crippen molar-refractivity contribution < 1.29 is 31.1 Å². The second-order valence-electron chi connectivity index (χ2n) is 8.86. The molecule has 2 fully saturated rings. The van der Waals surface area contributed by atoms with E-state index < -0.39 is 35.6 Å². The molecule has 0 unspecified atom stereocenters. The summed E-state index contributed by atoms with van der Waals surface area (Å²) in [5.74, 6) is -0.375. The second kappa shape index (κ2) is 9.59. The van der Waals surface area contributed by atoms with Crippen LogP contribution in [0.25, 0.3) is 0 Å². The zero-order valence-electron chi connectivity index (χ0n) is 18.1. The number of carbonyl (C=O) groups excluding carboxylic acids is 1. The van der Waals surface area contributed by atoms with Gasteiger partial charge in [0.15, 0.2) is 0 Å². The molecule has 2 aliphatic rings. The van der Waals surface area contributed by atoms with Gasteiger partial charge >= 0.3 is 12.4 Å². The highest BCUT2D eigenvalue weighted by Crippen LogP contribution is 2.36. The van der Waals surface area contributed by atoms with Crippen molar-refractivity contribution in [2.45, 2.75) is 63.5 Å². The first-order chi connectivity index (χ1) is 14.9. The number of halogens is 6. The molecule has 0 spiro atoms. The van der Waals surface area contributed by atoms with Crippen LogP contribution < -0.4 is 5.32 Å². The van der Waals surface area contributed by atoms with Crippen LogP contribution in [0, 0.1) is 0 Å². The summed E-state index contributed by atoms with van der Waals surface area (Å²) < 4.78 is 78.4. The average Bonchev–Trinajstić information content (AvgIpc) is 3.11. The van der Waals surface area contributed by atoms with E-state index >= 15 is 0 Å². The molecule has 2 heterocycles. The summed E-state index contributed by atoms with van der Waals surface area (Å²) in [5.41, 5.74) is -3.83. The molecule has 0 saturated carbocycles. The number of nitrogens with zero attached hydrogens (tertiary/aromatic N) is 2. The lowest BCUT2D eigenvalue weighted by molar-refractivity contribution is -0.143. The van der Waals surface area contributed by atoms with Crippen LogP contribution in [0.4, 0.5) is 26.3 Å². The van der Waals surface area contributed by atoms with Crippen LogP contribution in [0.5, 0.6) is 0 Å². The molecule has 1 aromatic rings. The molecule has 1 aromatic carbocycles. The molecule has 3 rings (SSSR count). The van der Waals surface area contributed by atoms with E-state index in [-0.39, 0.29) is 17.5 Å². The Labute approximate surface area is 183 Å². The third-order valence-electron chi connectivity index (χ3n) is 6.51. The van der Waals surface area contributed by atoms with Gasteiger partial charge in [-0.1, -0.05) is 6.42 Å². The first-order valence-corrected chi connectivity index (χ1v) is 10.9. The average molecular weight is 465 g/mol. The van der Waals surface area contributed by atoms with Crippen LogP contribution in [-0.4, -0.2) is 54.0 Å². The van der Waals surface area contributed by atoms with Gasteiger partial charge in [0.25, 0.3) is 0 Å². The fourth-order valence-corrected chi connectivity index (χ4v) is 4.57. The minimum absolute atomic E-state index is 0.0892. The van der Waals surface area contributed by atoms with Crippen molar-refractivity contribution in [3.63, 3.8) is 0 Å². The molecule has 180 valence electrons. The van der Waals surface area contributed by atoms with E-state index in [1.165, 1.54) is 6.42 Å². The molecular formula is C22H29F6N3O. The summed E-state index contributed by atoms with van der Waals surface area (Å²) in [5, 5.41) is 2.58. The van der Waals surface area contributed by atoms with Gasteiger partial charge in [0.1, 0.15) is 0 Å². The van der Waals surface area contributed by atoms with E-state index in [0.29, 0.717) is 25.1 Å². The monoisotopic (exact) mass is 465 g/mol. The van der Waals surface area contributed by atoms with Gasteiger partial charge in [-0.05, 0) is 76.0 Å².